The average Bonchev–Trinajstić information content (AvgIpc) is 2.86. The molecule has 0 unspecified atom stereocenters. The molecule has 1 aliphatic rings. The molecule has 0 aliphatic carbocycles. The number of hydrogen-bond acceptors (Lipinski definition) is 6. The van der Waals surface area contributed by atoms with Crippen molar-refractivity contribution in [1.82, 2.24) is 9.47 Å². The molecule has 4 rings (SSSR count). The number of benzene rings is 2. The van der Waals surface area contributed by atoms with E-state index in [2.05, 4.69) is 9.64 Å². The van der Waals surface area contributed by atoms with E-state index in [0.29, 0.717) is 5.56 Å². The normalized spacial score (nSPS) is 14.3. The van der Waals surface area contributed by atoms with Crippen molar-refractivity contribution in [2.24, 2.45) is 0 Å². The Morgan fingerprint density at radius 3 is 2.17 bits per heavy atom. The van der Waals surface area contributed by atoms with Crippen molar-refractivity contribution in [1.29, 1.82) is 5.26 Å². The number of halogens is 3. The second kappa shape index (κ2) is 11.3. The van der Waals surface area contributed by atoms with Gasteiger partial charge in [0.25, 0.3) is 5.56 Å². The molecule has 7 nitrogen and oxygen atoms in total. The van der Waals surface area contributed by atoms with Crippen LogP contribution in [0.25, 0.3) is 0 Å². The van der Waals surface area contributed by atoms with Crippen molar-refractivity contribution in [2.75, 3.05) is 26.3 Å². The van der Waals surface area contributed by atoms with Gasteiger partial charge >= 0.3 is 6.36 Å². The van der Waals surface area contributed by atoms with Crippen LogP contribution < -0.4 is 15.0 Å². The first-order valence-electron chi connectivity index (χ1n) is 11.3. The van der Waals surface area contributed by atoms with Crippen LogP contribution in [0.4, 0.5) is 13.2 Å². The number of pyridine rings is 1. The molecule has 0 spiro atoms. The topological polar surface area (TPSA) is 76.7 Å². The third kappa shape index (κ3) is 6.87. The zero-order valence-corrected chi connectivity index (χ0v) is 19.3. The lowest BCUT2D eigenvalue weighted by atomic mass is 10.1. The highest BCUT2D eigenvalue weighted by Crippen LogP contribution is 2.23. The zero-order chi connectivity index (χ0) is 25.5. The Labute approximate surface area is 205 Å². The first-order valence-corrected chi connectivity index (χ1v) is 11.3. The Kier molecular flexibility index (Phi) is 7.93. The van der Waals surface area contributed by atoms with Gasteiger partial charge in [-0.25, -0.2) is 0 Å². The smallest absolute Gasteiger partial charge is 0.487 e. The third-order valence-electron chi connectivity index (χ3n) is 5.68. The fourth-order valence-electron chi connectivity index (χ4n) is 3.82. The van der Waals surface area contributed by atoms with E-state index in [4.69, 9.17) is 9.47 Å². The summed E-state index contributed by atoms with van der Waals surface area (Å²) in [4.78, 5) is 15.1. The van der Waals surface area contributed by atoms with Crippen LogP contribution in [0.2, 0.25) is 0 Å². The Morgan fingerprint density at radius 1 is 0.917 bits per heavy atom. The van der Waals surface area contributed by atoms with E-state index in [1.54, 1.807) is 0 Å². The SMILES string of the molecule is N#Cc1c(OCc2ccc(CN3CCOCC3)cc2)ccn(Cc2ccc(OC(F)(F)F)cc2)c1=O. The van der Waals surface area contributed by atoms with Gasteiger partial charge in [-0.15, -0.1) is 13.2 Å². The van der Waals surface area contributed by atoms with E-state index < -0.39 is 11.9 Å². The van der Waals surface area contributed by atoms with E-state index in [1.165, 1.54) is 46.7 Å². The van der Waals surface area contributed by atoms with E-state index in [9.17, 15) is 23.2 Å². The number of aromatic nitrogens is 1. The van der Waals surface area contributed by atoms with Gasteiger partial charge in [-0.3, -0.25) is 9.69 Å². The maximum atomic E-state index is 12.8. The number of rotatable bonds is 8. The largest absolute Gasteiger partial charge is 0.573 e. The number of hydrogen-bond donors (Lipinski definition) is 0. The fourth-order valence-corrected chi connectivity index (χ4v) is 3.82. The number of ether oxygens (including phenoxy) is 3. The number of nitriles is 1. The summed E-state index contributed by atoms with van der Waals surface area (Å²) < 4.78 is 53.3. The van der Waals surface area contributed by atoms with Gasteiger partial charge in [0.05, 0.1) is 19.8 Å². The van der Waals surface area contributed by atoms with Crippen LogP contribution >= 0.6 is 0 Å². The lowest BCUT2D eigenvalue weighted by Gasteiger charge is -2.26. The molecule has 10 heteroatoms. The van der Waals surface area contributed by atoms with Crippen LogP contribution in [-0.4, -0.2) is 42.1 Å². The van der Waals surface area contributed by atoms with Gasteiger partial charge in [-0.2, -0.15) is 5.26 Å². The van der Waals surface area contributed by atoms with Gasteiger partial charge in [0.1, 0.15) is 24.2 Å². The molecule has 188 valence electrons. The van der Waals surface area contributed by atoms with Crippen molar-refractivity contribution in [3.05, 3.63) is 93.4 Å². The summed E-state index contributed by atoms with van der Waals surface area (Å²) in [6, 6.07) is 16.6. The number of nitrogens with zero attached hydrogens (tertiary/aromatic N) is 3. The van der Waals surface area contributed by atoms with Gasteiger partial charge in [-0.1, -0.05) is 36.4 Å². The molecule has 1 saturated heterocycles. The second-order valence-corrected chi connectivity index (χ2v) is 8.29. The van der Waals surface area contributed by atoms with E-state index >= 15 is 0 Å². The highest BCUT2D eigenvalue weighted by Gasteiger charge is 2.31. The van der Waals surface area contributed by atoms with E-state index in [1.807, 2.05) is 30.3 Å². The Morgan fingerprint density at radius 2 is 1.53 bits per heavy atom. The minimum atomic E-state index is -4.78. The minimum absolute atomic E-state index is 0.0741. The van der Waals surface area contributed by atoms with Crippen molar-refractivity contribution >= 4 is 0 Å². The molecule has 0 atom stereocenters. The molecule has 2 aromatic carbocycles. The van der Waals surface area contributed by atoms with Gasteiger partial charge in [0, 0.05) is 25.8 Å². The molecule has 1 aromatic heterocycles. The van der Waals surface area contributed by atoms with E-state index in [0.717, 1.165) is 38.4 Å². The summed E-state index contributed by atoms with van der Waals surface area (Å²) in [5.41, 5.74) is 1.96. The average molecular weight is 499 g/mol. The predicted octanol–water partition coefficient (Wildman–Crippen LogP) is 4.08. The summed E-state index contributed by atoms with van der Waals surface area (Å²) >= 11 is 0. The Balaban J connectivity index is 1.38. The third-order valence-corrected chi connectivity index (χ3v) is 5.68. The van der Waals surface area contributed by atoms with Crippen molar-refractivity contribution in [3.63, 3.8) is 0 Å². The monoisotopic (exact) mass is 499 g/mol. The second-order valence-electron chi connectivity index (χ2n) is 8.29. The predicted molar refractivity (Wildman–Crippen MR) is 125 cm³/mol. The van der Waals surface area contributed by atoms with Gasteiger partial charge in [0.15, 0.2) is 5.56 Å². The van der Waals surface area contributed by atoms with Crippen molar-refractivity contribution < 1.29 is 27.4 Å². The van der Waals surface area contributed by atoms with Crippen LogP contribution in [-0.2, 0) is 24.4 Å². The van der Waals surface area contributed by atoms with Crippen molar-refractivity contribution in [3.8, 4) is 17.6 Å². The summed E-state index contributed by atoms with van der Waals surface area (Å²) in [6.07, 6.45) is -3.29. The van der Waals surface area contributed by atoms with Crippen LogP contribution in [0.3, 0.4) is 0 Å². The quantitative estimate of drug-likeness (QED) is 0.465. The van der Waals surface area contributed by atoms with E-state index in [-0.39, 0.29) is 30.2 Å². The molecule has 1 aliphatic heterocycles. The van der Waals surface area contributed by atoms with Gasteiger partial charge < -0.3 is 18.8 Å². The maximum Gasteiger partial charge on any atom is 0.573 e. The van der Waals surface area contributed by atoms with Gasteiger partial charge in [-0.05, 0) is 34.9 Å². The fraction of sp³-hybridized carbons (Fsp3) is 0.308. The summed E-state index contributed by atoms with van der Waals surface area (Å²) in [5, 5.41) is 9.54. The molecule has 36 heavy (non-hydrogen) atoms. The Hall–Kier alpha value is -3.81. The molecule has 0 bridgehead atoms. The highest BCUT2D eigenvalue weighted by molar-refractivity contribution is 5.41. The molecule has 0 N–H and O–H groups in total. The minimum Gasteiger partial charge on any atom is -0.487 e. The van der Waals surface area contributed by atoms with Crippen LogP contribution in [0.5, 0.6) is 11.5 Å². The first kappa shape index (κ1) is 25.3. The molecular weight excluding hydrogens is 475 g/mol. The molecule has 0 radical (unpaired) electrons. The Bertz CT molecular complexity index is 1260. The molecule has 0 saturated carbocycles. The first-order chi connectivity index (χ1) is 17.3. The van der Waals surface area contributed by atoms with Crippen LogP contribution in [0.15, 0.2) is 65.6 Å². The summed E-state index contributed by atoms with van der Waals surface area (Å²) in [5.74, 6) is -0.181. The molecule has 2 heterocycles. The van der Waals surface area contributed by atoms with Gasteiger partial charge in [0.2, 0.25) is 0 Å². The van der Waals surface area contributed by atoms with Crippen molar-refractivity contribution in [2.45, 2.75) is 26.1 Å². The lowest BCUT2D eigenvalue weighted by molar-refractivity contribution is -0.274. The number of morpholine rings is 1. The standard InChI is InChI=1S/C26H24F3N3O4/c27-26(28,29)36-22-7-5-20(6-8-22)17-32-10-9-24(23(15-30)25(32)33)35-18-21-3-1-19(2-4-21)16-31-11-13-34-14-12-31/h1-10H,11-14,16-18H2. The molecule has 1 fully saturated rings. The summed E-state index contributed by atoms with van der Waals surface area (Å²) in [7, 11) is 0. The summed E-state index contributed by atoms with van der Waals surface area (Å²) in [6.45, 7) is 4.42. The van der Waals surface area contributed by atoms with Crippen LogP contribution in [0.1, 0.15) is 22.3 Å². The maximum absolute atomic E-state index is 12.8. The number of alkyl halides is 3. The molecule has 0 amide bonds. The molecular formula is C26H24F3N3O4. The molecule has 3 aromatic rings. The lowest BCUT2D eigenvalue weighted by Crippen LogP contribution is -2.35. The van der Waals surface area contributed by atoms with Crippen LogP contribution in [0, 0.1) is 11.3 Å². The highest BCUT2D eigenvalue weighted by atomic mass is 19.4. The zero-order valence-electron chi connectivity index (χ0n) is 19.3.